The molecule has 0 aromatic carbocycles. The number of thioether (sulfide) groups is 2. The van der Waals surface area contributed by atoms with Crippen molar-refractivity contribution in [3.63, 3.8) is 0 Å². The van der Waals surface area contributed by atoms with E-state index in [4.69, 9.17) is 0 Å². The van der Waals surface area contributed by atoms with Crippen molar-refractivity contribution in [1.29, 1.82) is 0 Å². The fourth-order valence-electron chi connectivity index (χ4n) is 2.79. The highest BCUT2D eigenvalue weighted by molar-refractivity contribution is 8.05. The first-order chi connectivity index (χ1) is 13.2. The summed E-state index contributed by atoms with van der Waals surface area (Å²) >= 11 is 2.36. The number of carbonyl (C=O) groups is 4. The molecule has 0 saturated carbocycles. The minimum absolute atomic E-state index is 0.101. The molecule has 0 aliphatic carbocycles. The van der Waals surface area contributed by atoms with E-state index in [9.17, 15) is 24.3 Å². The number of fused-ring (bicyclic) bond motifs is 1. The smallest absolute Gasteiger partial charge is 0.352 e. The van der Waals surface area contributed by atoms with Crippen molar-refractivity contribution < 1.29 is 24.3 Å². The molecule has 14 heteroatoms. The van der Waals surface area contributed by atoms with Gasteiger partial charge in [0, 0.05) is 33.0 Å². The number of rotatable bonds is 6. The number of aliphatic carboxylic acids is 1. The Balaban J connectivity index is 1.94. The summed E-state index contributed by atoms with van der Waals surface area (Å²) in [5.41, 5.74) is 0.0189. The highest BCUT2D eigenvalue weighted by Crippen LogP contribution is 2.48. The molecular weight excluding hydrogens is 410 g/mol. The van der Waals surface area contributed by atoms with Crippen LogP contribution >= 0.6 is 23.5 Å². The molecule has 1 fully saturated rings. The normalized spacial score (nSPS) is 23.8. The molecule has 3 amide bonds. The van der Waals surface area contributed by atoms with Crippen LogP contribution in [0.25, 0.3) is 0 Å². The first-order valence-electron chi connectivity index (χ1n) is 8.06. The molecule has 12 nitrogen and oxygen atoms in total. The number of nitrogens with zero attached hydrogens (tertiary/aromatic N) is 5. The van der Waals surface area contributed by atoms with Gasteiger partial charge in [0.05, 0.1) is 0 Å². The maximum atomic E-state index is 12.7. The summed E-state index contributed by atoms with van der Waals surface area (Å²) in [5.74, 6) is -2.42. The lowest BCUT2D eigenvalue weighted by Gasteiger charge is -2.50. The van der Waals surface area contributed by atoms with Gasteiger partial charge in [-0.2, -0.15) is 0 Å². The number of amides is 3. The summed E-state index contributed by atoms with van der Waals surface area (Å²) in [7, 11) is 1.63. The summed E-state index contributed by atoms with van der Waals surface area (Å²) < 4.78 is 1.41. The number of aromatic nitrogens is 4. The van der Waals surface area contributed by atoms with Crippen molar-refractivity contribution in [3.05, 3.63) is 11.3 Å². The molecule has 1 aromatic rings. The maximum absolute atomic E-state index is 12.7. The monoisotopic (exact) mass is 427 g/mol. The highest BCUT2D eigenvalue weighted by atomic mass is 32.2. The van der Waals surface area contributed by atoms with Crippen LogP contribution in [0.1, 0.15) is 13.8 Å². The molecular formula is C14H17N7O5S2. The first-order valence-corrected chi connectivity index (χ1v) is 9.88. The maximum Gasteiger partial charge on any atom is 0.352 e. The third-order valence-corrected chi connectivity index (χ3v) is 6.89. The Hall–Kier alpha value is -2.61. The van der Waals surface area contributed by atoms with Gasteiger partial charge in [-0.15, -0.1) is 16.9 Å². The SMILES string of the molecule is CC(=O)NCC1=C(C(=O)O)N2C(=O)C(Sc3nnnn3C)[C@H]2SC1NC(C)=O. The van der Waals surface area contributed by atoms with E-state index in [2.05, 4.69) is 26.2 Å². The fraction of sp³-hybridized carbons (Fsp3) is 0.500. The fourth-order valence-corrected chi connectivity index (χ4v) is 5.57. The van der Waals surface area contributed by atoms with Crippen LogP contribution in [0, 0.1) is 0 Å². The van der Waals surface area contributed by atoms with Gasteiger partial charge in [0.15, 0.2) is 0 Å². The molecule has 0 bridgehead atoms. The Labute approximate surface area is 167 Å². The molecule has 1 aromatic heterocycles. The zero-order chi connectivity index (χ0) is 20.6. The summed E-state index contributed by atoms with van der Waals surface area (Å²) in [6.45, 7) is 2.51. The largest absolute Gasteiger partial charge is 0.477 e. The van der Waals surface area contributed by atoms with E-state index >= 15 is 0 Å². The van der Waals surface area contributed by atoms with Gasteiger partial charge in [-0.1, -0.05) is 11.8 Å². The predicted octanol–water partition coefficient (Wildman–Crippen LogP) is -1.48. The van der Waals surface area contributed by atoms with E-state index < -0.39 is 27.9 Å². The van der Waals surface area contributed by atoms with Crippen molar-refractivity contribution in [1.82, 2.24) is 35.7 Å². The van der Waals surface area contributed by atoms with Gasteiger partial charge >= 0.3 is 5.97 Å². The van der Waals surface area contributed by atoms with Crippen LogP contribution in [-0.2, 0) is 26.2 Å². The molecule has 2 unspecified atom stereocenters. The van der Waals surface area contributed by atoms with Crippen LogP contribution in [0.15, 0.2) is 16.4 Å². The molecule has 3 rings (SSSR count). The van der Waals surface area contributed by atoms with E-state index in [0.29, 0.717) is 5.16 Å². The molecule has 2 aliphatic heterocycles. The van der Waals surface area contributed by atoms with Gasteiger partial charge in [0.2, 0.25) is 22.9 Å². The van der Waals surface area contributed by atoms with Crippen molar-refractivity contribution in [2.24, 2.45) is 7.05 Å². The molecule has 3 atom stereocenters. The number of carboxylic acid groups (broad SMARTS) is 1. The van der Waals surface area contributed by atoms with E-state index in [1.165, 1.54) is 35.2 Å². The highest BCUT2D eigenvalue weighted by Gasteiger charge is 2.56. The van der Waals surface area contributed by atoms with Gasteiger partial charge in [-0.25, -0.2) is 9.48 Å². The number of aryl methyl sites for hydroxylation is 1. The summed E-state index contributed by atoms with van der Waals surface area (Å²) in [5, 5.41) is 24.6. The third kappa shape index (κ3) is 3.69. The van der Waals surface area contributed by atoms with Crippen LogP contribution in [0.4, 0.5) is 0 Å². The molecule has 1 saturated heterocycles. The van der Waals surface area contributed by atoms with Crippen molar-refractivity contribution in [2.45, 2.75) is 35.0 Å². The predicted molar refractivity (Wildman–Crippen MR) is 97.6 cm³/mol. The standard InChI is InChI=1S/C14H17N7O5S2/c1-5(22)15-4-7-8(13(25)26)21-11(24)9(27-14-17-18-19-20(14)3)12(21)28-10(7)16-6(2)23/h9-10,12H,4H2,1-3H3,(H,15,22)(H,16,23)(H,25,26)/t9?,10?,12-/m1/s1. The van der Waals surface area contributed by atoms with Crippen LogP contribution in [0.2, 0.25) is 0 Å². The van der Waals surface area contributed by atoms with Gasteiger partial charge in [-0.05, 0) is 10.4 Å². The van der Waals surface area contributed by atoms with Gasteiger partial charge in [0.25, 0.3) is 0 Å². The second-order valence-corrected chi connectivity index (χ2v) is 8.36. The number of hydrogen-bond acceptors (Lipinski definition) is 9. The van der Waals surface area contributed by atoms with E-state index in [-0.39, 0.29) is 29.6 Å². The van der Waals surface area contributed by atoms with Crippen LogP contribution in [-0.4, -0.2) is 76.4 Å². The van der Waals surface area contributed by atoms with E-state index in [1.54, 1.807) is 7.05 Å². The number of β-lactam (4-membered cyclic amide) rings is 1. The number of carboxylic acids is 1. The van der Waals surface area contributed by atoms with Crippen LogP contribution < -0.4 is 10.6 Å². The first kappa shape index (κ1) is 20.1. The van der Waals surface area contributed by atoms with Crippen molar-refractivity contribution >= 4 is 47.2 Å². The van der Waals surface area contributed by atoms with Crippen LogP contribution in [0.3, 0.4) is 0 Å². The lowest BCUT2D eigenvalue weighted by atomic mass is 10.1. The van der Waals surface area contributed by atoms with E-state index in [0.717, 1.165) is 11.8 Å². The van der Waals surface area contributed by atoms with Crippen molar-refractivity contribution in [3.8, 4) is 0 Å². The number of tetrazole rings is 1. The second-order valence-electron chi connectivity index (χ2n) is 6.03. The lowest BCUT2D eigenvalue weighted by Crippen LogP contribution is -2.65. The molecule has 150 valence electrons. The molecule has 3 N–H and O–H groups in total. The average molecular weight is 427 g/mol. The zero-order valence-corrected chi connectivity index (χ0v) is 16.7. The minimum atomic E-state index is -1.31. The van der Waals surface area contributed by atoms with Crippen molar-refractivity contribution in [2.75, 3.05) is 6.54 Å². The minimum Gasteiger partial charge on any atom is -0.477 e. The summed E-state index contributed by atoms with van der Waals surface area (Å²) in [6, 6.07) is 0. The molecule has 28 heavy (non-hydrogen) atoms. The van der Waals surface area contributed by atoms with Gasteiger partial charge in [-0.3, -0.25) is 19.3 Å². The summed E-state index contributed by atoms with van der Waals surface area (Å²) in [4.78, 5) is 48.7. The number of nitrogens with one attached hydrogen (secondary N) is 2. The second kappa shape index (κ2) is 7.79. The Morgan fingerprint density at radius 1 is 1.29 bits per heavy atom. The molecule has 0 radical (unpaired) electrons. The quantitative estimate of drug-likeness (QED) is 0.457. The number of carbonyl (C=O) groups excluding carboxylic acids is 3. The molecule has 3 heterocycles. The summed E-state index contributed by atoms with van der Waals surface area (Å²) in [6.07, 6.45) is 0. The lowest BCUT2D eigenvalue weighted by molar-refractivity contribution is -0.145. The Morgan fingerprint density at radius 3 is 2.54 bits per heavy atom. The Bertz CT molecular complexity index is 885. The van der Waals surface area contributed by atoms with Gasteiger partial charge in [0.1, 0.15) is 21.7 Å². The third-order valence-electron chi connectivity index (χ3n) is 4.01. The Morgan fingerprint density at radius 2 is 2.00 bits per heavy atom. The number of hydrogen-bond donors (Lipinski definition) is 3. The molecule has 0 spiro atoms. The molecule has 2 aliphatic rings. The zero-order valence-electron chi connectivity index (χ0n) is 15.1. The average Bonchev–Trinajstić information content (AvgIpc) is 3.01. The van der Waals surface area contributed by atoms with E-state index in [1.807, 2.05) is 0 Å². The topological polar surface area (TPSA) is 159 Å². The van der Waals surface area contributed by atoms with Crippen LogP contribution in [0.5, 0.6) is 0 Å². The Kier molecular flexibility index (Phi) is 5.60. The van der Waals surface area contributed by atoms with Gasteiger partial charge < -0.3 is 15.7 Å².